The summed E-state index contributed by atoms with van der Waals surface area (Å²) in [6.07, 6.45) is 3.41. The molecule has 0 aliphatic carbocycles. The zero-order valence-corrected chi connectivity index (χ0v) is 11.5. The van der Waals surface area contributed by atoms with Gasteiger partial charge in [0.25, 0.3) is 0 Å². The van der Waals surface area contributed by atoms with Gasteiger partial charge in [0.2, 0.25) is 0 Å². The predicted octanol–water partition coefficient (Wildman–Crippen LogP) is 1.53. The maximum absolute atomic E-state index is 6.42. The molecule has 0 amide bonds. The molecule has 96 valence electrons. The van der Waals surface area contributed by atoms with Gasteiger partial charge >= 0.3 is 0 Å². The van der Waals surface area contributed by atoms with Crippen LogP contribution in [-0.2, 0) is 0 Å². The third kappa shape index (κ3) is 3.72. The molecular weight excluding hydrogens is 198 g/mol. The molecule has 0 aromatic heterocycles. The summed E-state index contributed by atoms with van der Waals surface area (Å²) >= 11 is 0. The van der Waals surface area contributed by atoms with Crippen LogP contribution in [0.3, 0.4) is 0 Å². The summed E-state index contributed by atoms with van der Waals surface area (Å²) in [7, 11) is 2.22. The van der Waals surface area contributed by atoms with E-state index < -0.39 is 0 Å². The maximum Gasteiger partial charge on any atom is 0.0278 e. The molecule has 0 aromatic carbocycles. The second-order valence-electron chi connectivity index (χ2n) is 5.50. The normalized spacial score (nSPS) is 25.7. The third-order valence-corrected chi connectivity index (χ3v) is 4.11. The second kappa shape index (κ2) is 5.99. The van der Waals surface area contributed by atoms with Crippen molar-refractivity contribution >= 4 is 0 Å². The van der Waals surface area contributed by atoms with Gasteiger partial charge in [-0.15, -0.1) is 0 Å². The van der Waals surface area contributed by atoms with Crippen molar-refractivity contribution in [2.75, 3.05) is 33.2 Å². The molecule has 3 heteroatoms. The van der Waals surface area contributed by atoms with Crippen LogP contribution >= 0.6 is 0 Å². The van der Waals surface area contributed by atoms with E-state index in [1.165, 1.54) is 26.1 Å². The van der Waals surface area contributed by atoms with Crippen LogP contribution in [0.15, 0.2) is 0 Å². The summed E-state index contributed by atoms with van der Waals surface area (Å²) < 4.78 is 0. The molecule has 0 radical (unpaired) electrons. The van der Waals surface area contributed by atoms with Gasteiger partial charge in [-0.05, 0) is 46.3 Å². The minimum absolute atomic E-state index is 0.0111. The van der Waals surface area contributed by atoms with Gasteiger partial charge in [0.15, 0.2) is 0 Å². The number of nitrogens with two attached hydrogens (primary N) is 1. The average molecular weight is 227 g/mol. The van der Waals surface area contributed by atoms with Crippen molar-refractivity contribution in [2.45, 2.75) is 51.6 Å². The van der Waals surface area contributed by atoms with Gasteiger partial charge in [-0.25, -0.2) is 0 Å². The van der Waals surface area contributed by atoms with E-state index in [0.717, 1.165) is 19.4 Å². The van der Waals surface area contributed by atoms with Crippen molar-refractivity contribution in [1.29, 1.82) is 0 Å². The monoisotopic (exact) mass is 227 g/mol. The molecule has 1 unspecified atom stereocenters. The molecule has 1 aliphatic rings. The smallest absolute Gasteiger partial charge is 0.0278 e. The minimum atomic E-state index is 0.0111. The van der Waals surface area contributed by atoms with E-state index in [9.17, 15) is 0 Å². The molecule has 1 heterocycles. The predicted molar refractivity (Wildman–Crippen MR) is 70.6 cm³/mol. The first-order valence-electron chi connectivity index (χ1n) is 6.72. The number of nitrogens with zero attached hydrogens (tertiary/aromatic N) is 2. The van der Waals surface area contributed by atoms with Crippen LogP contribution in [0, 0.1) is 0 Å². The number of hydrogen-bond donors (Lipinski definition) is 1. The highest BCUT2D eigenvalue weighted by Crippen LogP contribution is 2.17. The van der Waals surface area contributed by atoms with Crippen LogP contribution in [0.25, 0.3) is 0 Å². The Morgan fingerprint density at radius 3 is 2.44 bits per heavy atom. The second-order valence-corrected chi connectivity index (χ2v) is 5.50. The lowest BCUT2D eigenvalue weighted by Crippen LogP contribution is -2.52. The summed E-state index contributed by atoms with van der Waals surface area (Å²) in [6, 6.07) is 0.633. The standard InChI is InChI=1S/C13H29N3/c1-5-13(14,6-2)11-16-9-7-8-15(4)10-12(16)3/h12H,5-11,14H2,1-4H3. The molecule has 0 aromatic rings. The van der Waals surface area contributed by atoms with Crippen LogP contribution in [0.4, 0.5) is 0 Å². The van der Waals surface area contributed by atoms with Gasteiger partial charge in [-0.3, -0.25) is 4.90 Å². The highest BCUT2D eigenvalue weighted by molar-refractivity contribution is 4.88. The molecule has 1 fully saturated rings. The molecule has 0 saturated carbocycles. The number of rotatable bonds is 4. The maximum atomic E-state index is 6.42. The van der Waals surface area contributed by atoms with Gasteiger partial charge < -0.3 is 10.6 Å². The summed E-state index contributed by atoms with van der Waals surface area (Å²) in [5.41, 5.74) is 6.43. The Morgan fingerprint density at radius 2 is 1.88 bits per heavy atom. The Kier molecular flexibility index (Phi) is 5.22. The summed E-state index contributed by atoms with van der Waals surface area (Å²) in [4.78, 5) is 5.01. The van der Waals surface area contributed by atoms with E-state index in [1.807, 2.05) is 0 Å². The lowest BCUT2D eigenvalue weighted by atomic mass is 9.93. The lowest BCUT2D eigenvalue weighted by Gasteiger charge is -2.36. The van der Waals surface area contributed by atoms with E-state index in [4.69, 9.17) is 5.73 Å². The molecule has 3 nitrogen and oxygen atoms in total. The molecule has 0 bridgehead atoms. The summed E-state index contributed by atoms with van der Waals surface area (Å²) in [6.45, 7) is 11.4. The molecular formula is C13H29N3. The van der Waals surface area contributed by atoms with Crippen LogP contribution in [0.5, 0.6) is 0 Å². The highest BCUT2D eigenvalue weighted by atomic mass is 15.2. The van der Waals surface area contributed by atoms with Crippen molar-refractivity contribution in [2.24, 2.45) is 5.73 Å². The lowest BCUT2D eigenvalue weighted by molar-refractivity contribution is 0.153. The van der Waals surface area contributed by atoms with Crippen LogP contribution in [0.2, 0.25) is 0 Å². The van der Waals surface area contributed by atoms with E-state index in [1.54, 1.807) is 0 Å². The summed E-state index contributed by atoms with van der Waals surface area (Å²) in [5.74, 6) is 0. The summed E-state index contributed by atoms with van der Waals surface area (Å²) in [5, 5.41) is 0. The fourth-order valence-electron chi connectivity index (χ4n) is 2.53. The van der Waals surface area contributed by atoms with Crippen molar-refractivity contribution in [3.8, 4) is 0 Å². The average Bonchev–Trinajstić information content (AvgIpc) is 2.41. The molecule has 1 saturated heterocycles. The van der Waals surface area contributed by atoms with Crippen LogP contribution < -0.4 is 5.73 Å². The molecule has 0 spiro atoms. The molecule has 1 atom stereocenters. The largest absolute Gasteiger partial charge is 0.324 e. The fourth-order valence-corrected chi connectivity index (χ4v) is 2.53. The minimum Gasteiger partial charge on any atom is -0.324 e. The zero-order chi connectivity index (χ0) is 12.2. The molecule has 16 heavy (non-hydrogen) atoms. The topological polar surface area (TPSA) is 32.5 Å². The van der Waals surface area contributed by atoms with Gasteiger partial charge in [0.1, 0.15) is 0 Å². The first-order chi connectivity index (χ1) is 7.50. The Bertz CT molecular complexity index is 201. The SMILES string of the molecule is CCC(N)(CC)CN1CCCN(C)CC1C. The molecule has 2 N–H and O–H groups in total. The van der Waals surface area contributed by atoms with Gasteiger partial charge in [-0.1, -0.05) is 13.8 Å². The van der Waals surface area contributed by atoms with E-state index in [0.29, 0.717) is 6.04 Å². The Balaban J connectivity index is 2.57. The zero-order valence-electron chi connectivity index (χ0n) is 11.5. The fraction of sp³-hybridized carbons (Fsp3) is 1.00. The van der Waals surface area contributed by atoms with Crippen LogP contribution in [0.1, 0.15) is 40.0 Å². The van der Waals surface area contributed by atoms with Gasteiger partial charge in [0, 0.05) is 24.7 Å². The van der Waals surface area contributed by atoms with E-state index >= 15 is 0 Å². The Labute approximate surface area is 101 Å². The van der Waals surface area contributed by atoms with Gasteiger partial charge in [0.05, 0.1) is 0 Å². The van der Waals surface area contributed by atoms with Crippen molar-refractivity contribution in [1.82, 2.24) is 9.80 Å². The highest BCUT2D eigenvalue weighted by Gasteiger charge is 2.27. The van der Waals surface area contributed by atoms with E-state index in [-0.39, 0.29) is 5.54 Å². The molecule has 1 rings (SSSR count). The third-order valence-electron chi connectivity index (χ3n) is 4.11. The quantitative estimate of drug-likeness (QED) is 0.790. The van der Waals surface area contributed by atoms with Crippen molar-refractivity contribution < 1.29 is 0 Å². The Hall–Kier alpha value is -0.120. The van der Waals surface area contributed by atoms with Crippen LogP contribution in [-0.4, -0.2) is 54.6 Å². The number of hydrogen-bond acceptors (Lipinski definition) is 3. The van der Waals surface area contributed by atoms with Crippen molar-refractivity contribution in [3.05, 3.63) is 0 Å². The molecule has 1 aliphatic heterocycles. The first-order valence-corrected chi connectivity index (χ1v) is 6.72. The first kappa shape index (κ1) is 13.9. The number of likely N-dealkylation sites (N-methyl/N-ethyl adjacent to an activating group) is 1. The van der Waals surface area contributed by atoms with E-state index in [2.05, 4.69) is 37.6 Å². The van der Waals surface area contributed by atoms with Gasteiger partial charge in [-0.2, -0.15) is 0 Å². The van der Waals surface area contributed by atoms with Crippen molar-refractivity contribution in [3.63, 3.8) is 0 Å². The Morgan fingerprint density at radius 1 is 1.25 bits per heavy atom.